The monoisotopic (exact) mass is 349 g/mol. The summed E-state index contributed by atoms with van der Waals surface area (Å²) in [5.74, 6) is -0.115. The number of anilines is 1. The van der Waals surface area contributed by atoms with Gasteiger partial charge in [0.15, 0.2) is 0 Å². The van der Waals surface area contributed by atoms with E-state index in [4.69, 9.17) is 5.73 Å². The highest BCUT2D eigenvalue weighted by Gasteiger charge is 2.17. The SMILES string of the molecule is CC(C)n1cc(N)cc1C(=O)N[C@@H](C)c1ccc(Br)cc1. The highest BCUT2D eigenvalue weighted by molar-refractivity contribution is 9.10. The number of benzene rings is 1. The maximum absolute atomic E-state index is 12.4. The van der Waals surface area contributed by atoms with Crippen LogP contribution in [0.25, 0.3) is 0 Å². The highest BCUT2D eigenvalue weighted by atomic mass is 79.9. The smallest absolute Gasteiger partial charge is 0.268 e. The molecule has 2 rings (SSSR count). The number of carbonyl (C=O) groups excluding carboxylic acids is 1. The van der Waals surface area contributed by atoms with E-state index >= 15 is 0 Å². The molecule has 0 saturated carbocycles. The fourth-order valence-electron chi connectivity index (χ4n) is 2.22. The summed E-state index contributed by atoms with van der Waals surface area (Å²) in [6, 6.07) is 9.74. The van der Waals surface area contributed by atoms with Gasteiger partial charge in [0.25, 0.3) is 5.91 Å². The molecule has 0 fully saturated rings. The molecule has 112 valence electrons. The fraction of sp³-hybridized carbons (Fsp3) is 0.312. The fourth-order valence-corrected chi connectivity index (χ4v) is 2.48. The second-order valence-electron chi connectivity index (χ2n) is 5.41. The van der Waals surface area contributed by atoms with Gasteiger partial charge in [-0.1, -0.05) is 28.1 Å². The molecule has 2 aromatic rings. The van der Waals surface area contributed by atoms with Crippen molar-refractivity contribution in [2.75, 3.05) is 5.73 Å². The Morgan fingerprint density at radius 1 is 1.24 bits per heavy atom. The van der Waals surface area contributed by atoms with Crippen LogP contribution in [0.3, 0.4) is 0 Å². The van der Waals surface area contributed by atoms with Crippen molar-refractivity contribution in [3.05, 3.63) is 52.3 Å². The molecule has 0 aliphatic heterocycles. The van der Waals surface area contributed by atoms with Gasteiger partial charge in [-0.2, -0.15) is 0 Å². The number of aromatic nitrogens is 1. The Hall–Kier alpha value is -1.75. The zero-order valence-corrected chi connectivity index (χ0v) is 14.0. The van der Waals surface area contributed by atoms with Gasteiger partial charge < -0.3 is 15.6 Å². The quantitative estimate of drug-likeness (QED) is 0.878. The predicted octanol–water partition coefficient (Wildman–Crippen LogP) is 3.90. The average Bonchev–Trinajstić information content (AvgIpc) is 2.82. The number of hydrogen-bond donors (Lipinski definition) is 2. The number of nitrogens with zero attached hydrogens (tertiary/aromatic N) is 1. The molecular weight excluding hydrogens is 330 g/mol. The van der Waals surface area contributed by atoms with E-state index < -0.39 is 0 Å². The van der Waals surface area contributed by atoms with Crippen molar-refractivity contribution in [2.24, 2.45) is 0 Å². The van der Waals surface area contributed by atoms with Crippen LogP contribution < -0.4 is 11.1 Å². The van der Waals surface area contributed by atoms with E-state index in [-0.39, 0.29) is 18.0 Å². The van der Waals surface area contributed by atoms with E-state index in [0.717, 1.165) is 10.0 Å². The zero-order chi connectivity index (χ0) is 15.6. The van der Waals surface area contributed by atoms with Gasteiger partial charge in [0.2, 0.25) is 0 Å². The van der Waals surface area contributed by atoms with Crippen molar-refractivity contribution >= 4 is 27.5 Å². The number of nitrogens with one attached hydrogen (secondary N) is 1. The minimum Gasteiger partial charge on any atom is -0.397 e. The van der Waals surface area contributed by atoms with Gasteiger partial charge in [-0.15, -0.1) is 0 Å². The summed E-state index contributed by atoms with van der Waals surface area (Å²) in [6.07, 6.45) is 1.80. The second kappa shape index (κ2) is 6.35. The number of hydrogen-bond acceptors (Lipinski definition) is 2. The van der Waals surface area contributed by atoms with Gasteiger partial charge in [-0.3, -0.25) is 4.79 Å². The van der Waals surface area contributed by atoms with Crippen LogP contribution in [0.1, 0.15) is 48.9 Å². The topological polar surface area (TPSA) is 60.0 Å². The largest absolute Gasteiger partial charge is 0.397 e. The summed E-state index contributed by atoms with van der Waals surface area (Å²) in [5, 5.41) is 3.01. The molecule has 3 N–H and O–H groups in total. The molecule has 0 unspecified atom stereocenters. The summed E-state index contributed by atoms with van der Waals surface area (Å²) in [4.78, 5) is 12.4. The third-order valence-corrected chi connectivity index (χ3v) is 3.90. The Kier molecular flexibility index (Phi) is 4.73. The standard InChI is InChI=1S/C16H20BrN3O/c1-10(2)20-9-14(18)8-15(20)16(21)19-11(3)12-4-6-13(17)7-5-12/h4-11H,18H2,1-3H3,(H,19,21)/t11-/m0/s1. The van der Waals surface area contributed by atoms with Crippen molar-refractivity contribution in [3.8, 4) is 0 Å². The van der Waals surface area contributed by atoms with Gasteiger partial charge in [-0.25, -0.2) is 0 Å². The molecule has 1 amide bonds. The predicted molar refractivity (Wildman–Crippen MR) is 89.3 cm³/mol. The summed E-state index contributed by atoms with van der Waals surface area (Å²) in [6.45, 7) is 6.01. The summed E-state index contributed by atoms with van der Waals surface area (Å²) in [7, 11) is 0. The lowest BCUT2D eigenvalue weighted by Gasteiger charge is -2.17. The lowest BCUT2D eigenvalue weighted by atomic mass is 10.1. The van der Waals surface area contributed by atoms with Crippen LogP contribution in [0, 0.1) is 0 Å². The Bertz CT molecular complexity index is 631. The van der Waals surface area contributed by atoms with E-state index in [1.54, 1.807) is 12.3 Å². The molecule has 1 aromatic heterocycles. The van der Waals surface area contributed by atoms with E-state index in [9.17, 15) is 4.79 Å². The van der Waals surface area contributed by atoms with Crippen molar-refractivity contribution in [3.63, 3.8) is 0 Å². The first kappa shape index (κ1) is 15.6. The molecule has 0 radical (unpaired) electrons. The molecule has 1 heterocycles. The van der Waals surface area contributed by atoms with Crippen molar-refractivity contribution < 1.29 is 4.79 Å². The number of nitrogen functional groups attached to an aromatic ring is 1. The highest BCUT2D eigenvalue weighted by Crippen LogP contribution is 2.19. The first-order valence-electron chi connectivity index (χ1n) is 6.92. The lowest BCUT2D eigenvalue weighted by Crippen LogP contribution is -2.28. The number of carbonyl (C=O) groups is 1. The first-order valence-corrected chi connectivity index (χ1v) is 7.71. The van der Waals surface area contributed by atoms with Crippen LogP contribution in [-0.4, -0.2) is 10.5 Å². The van der Waals surface area contributed by atoms with Gasteiger partial charge in [-0.05, 0) is 44.5 Å². The zero-order valence-electron chi connectivity index (χ0n) is 12.4. The van der Waals surface area contributed by atoms with Crippen LogP contribution in [0.2, 0.25) is 0 Å². The van der Waals surface area contributed by atoms with Crippen molar-refractivity contribution in [1.29, 1.82) is 0 Å². The third-order valence-electron chi connectivity index (χ3n) is 3.38. The van der Waals surface area contributed by atoms with Crippen molar-refractivity contribution in [1.82, 2.24) is 9.88 Å². The molecule has 0 aliphatic carbocycles. The third kappa shape index (κ3) is 3.67. The molecule has 1 aromatic carbocycles. The molecule has 5 heteroatoms. The van der Waals surface area contributed by atoms with Crippen LogP contribution in [0.15, 0.2) is 41.0 Å². The normalized spacial score (nSPS) is 12.4. The second-order valence-corrected chi connectivity index (χ2v) is 6.32. The minimum absolute atomic E-state index is 0.0673. The van der Waals surface area contributed by atoms with Crippen LogP contribution in [-0.2, 0) is 0 Å². The maximum Gasteiger partial charge on any atom is 0.268 e. The minimum atomic E-state index is -0.115. The van der Waals surface area contributed by atoms with E-state index in [2.05, 4.69) is 21.2 Å². The first-order chi connectivity index (χ1) is 9.88. The number of rotatable bonds is 4. The van der Waals surface area contributed by atoms with E-state index in [0.29, 0.717) is 11.4 Å². The molecule has 0 bridgehead atoms. The van der Waals surface area contributed by atoms with Gasteiger partial charge in [0.1, 0.15) is 5.69 Å². The molecule has 1 atom stereocenters. The Morgan fingerprint density at radius 2 is 1.86 bits per heavy atom. The van der Waals surface area contributed by atoms with Crippen LogP contribution in [0.4, 0.5) is 5.69 Å². The van der Waals surface area contributed by atoms with Gasteiger partial charge in [0.05, 0.1) is 11.7 Å². The van der Waals surface area contributed by atoms with Crippen LogP contribution >= 0.6 is 15.9 Å². The molecule has 21 heavy (non-hydrogen) atoms. The summed E-state index contributed by atoms with van der Waals surface area (Å²) < 4.78 is 2.91. The average molecular weight is 350 g/mol. The maximum atomic E-state index is 12.4. The molecule has 0 aliphatic rings. The summed E-state index contributed by atoms with van der Waals surface area (Å²) in [5.41, 5.74) is 8.06. The van der Waals surface area contributed by atoms with Crippen LogP contribution in [0.5, 0.6) is 0 Å². The Balaban J connectivity index is 2.16. The molecule has 0 saturated heterocycles. The Labute approximate surface area is 133 Å². The number of amides is 1. The summed E-state index contributed by atoms with van der Waals surface area (Å²) >= 11 is 3.41. The molecule has 4 nitrogen and oxygen atoms in total. The van der Waals surface area contributed by atoms with E-state index in [1.165, 1.54) is 0 Å². The molecule has 0 spiro atoms. The number of halogens is 1. The molecular formula is C16H20BrN3O. The van der Waals surface area contributed by atoms with E-state index in [1.807, 2.05) is 49.6 Å². The Morgan fingerprint density at radius 3 is 2.43 bits per heavy atom. The number of nitrogens with two attached hydrogens (primary N) is 1. The van der Waals surface area contributed by atoms with Gasteiger partial charge in [0, 0.05) is 16.7 Å². The van der Waals surface area contributed by atoms with Gasteiger partial charge >= 0.3 is 0 Å². The van der Waals surface area contributed by atoms with Crippen molar-refractivity contribution in [2.45, 2.75) is 32.9 Å². The lowest BCUT2D eigenvalue weighted by molar-refractivity contribution is 0.0929.